The molecule has 0 saturated heterocycles. The molecule has 0 aliphatic rings. The third kappa shape index (κ3) is 3.48. The lowest BCUT2D eigenvalue weighted by Gasteiger charge is -2.37. The van der Waals surface area contributed by atoms with E-state index in [-0.39, 0.29) is 0 Å². The minimum absolute atomic E-state index is 0.957. The summed E-state index contributed by atoms with van der Waals surface area (Å²) in [6.45, 7) is 8.74. The van der Waals surface area contributed by atoms with Gasteiger partial charge in [-0.25, -0.2) is 0 Å². The van der Waals surface area contributed by atoms with Crippen LogP contribution in [0.25, 0.3) is 0 Å². The van der Waals surface area contributed by atoms with Gasteiger partial charge in [0.2, 0.25) is 0 Å². The number of aryl methyl sites for hydroxylation is 4. The summed E-state index contributed by atoms with van der Waals surface area (Å²) >= 11 is 0. The first-order valence-corrected chi connectivity index (χ1v) is 12.4. The second-order valence-corrected chi connectivity index (χ2v) is 11.2. The van der Waals surface area contributed by atoms with Crippen molar-refractivity contribution in [2.45, 2.75) is 27.7 Å². The first-order valence-electron chi connectivity index (χ1n) is 10.5. The van der Waals surface area contributed by atoms with E-state index >= 15 is 0 Å². The van der Waals surface area contributed by atoms with E-state index in [4.69, 9.17) is 4.43 Å². The van der Waals surface area contributed by atoms with E-state index in [0.29, 0.717) is 0 Å². The summed E-state index contributed by atoms with van der Waals surface area (Å²) in [5.41, 5.74) is 4.96. The van der Waals surface area contributed by atoms with Gasteiger partial charge in [0, 0.05) is 0 Å². The third-order valence-corrected chi connectivity index (χ3v) is 10.4. The van der Waals surface area contributed by atoms with Crippen LogP contribution in [0.15, 0.2) is 97.1 Å². The fourth-order valence-corrected chi connectivity index (χ4v) is 9.01. The van der Waals surface area contributed by atoms with E-state index in [1.165, 1.54) is 32.3 Å². The van der Waals surface area contributed by atoms with Gasteiger partial charge in [-0.2, -0.15) is 0 Å². The maximum Gasteiger partial charge on any atom is 0.347 e. The molecule has 0 spiro atoms. The molecule has 4 rings (SSSR count). The van der Waals surface area contributed by atoms with E-state index in [9.17, 15) is 0 Å². The van der Waals surface area contributed by atoms with Crippen molar-refractivity contribution in [3.05, 3.63) is 119 Å². The molecule has 4 aromatic carbocycles. The van der Waals surface area contributed by atoms with Gasteiger partial charge in [0.05, 0.1) is 0 Å². The van der Waals surface area contributed by atoms with Gasteiger partial charge in [-0.1, -0.05) is 91.0 Å². The molecular weight excluding hydrogens is 380 g/mol. The van der Waals surface area contributed by atoms with Crippen molar-refractivity contribution < 1.29 is 4.43 Å². The number of benzene rings is 4. The van der Waals surface area contributed by atoms with Crippen LogP contribution < -0.4 is 20.0 Å². The zero-order valence-corrected chi connectivity index (χ0v) is 19.1. The zero-order valence-electron chi connectivity index (χ0n) is 18.1. The average Bonchev–Trinajstić information content (AvgIpc) is 2.75. The molecule has 150 valence electrons. The van der Waals surface area contributed by atoms with Crippen LogP contribution in [0.3, 0.4) is 0 Å². The van der Waals surface area contributed by atoms with Gasteiger partial charge in [0.25, 0.3) is 0 Å². The van der Waals surface area contributed by atoms with Crippen molar-refractivity contribution in [1.82, 2.24) is 0 Å². The van der Waals surface area contributed by atoms with Crippen molar-refractivity contribution >= 4 is 23.9 Å². The largest absolute Gasteiger partial charge is 0.530 e. The highest BCUT2D eigenvalue weighted by atomic mass is 28.4. The molecule has 1 nitrogen and oxygen atoms in total. The molecule has 0 aliphatic heterocycles. The predicted octanol–water partition coefficient (Wildman–Crippen LogP) is 4.97. The fourth-order valence-electron chi connectivity index (χ4n) is 4.34. The maximum absolute atomic E-state index is 7.27. The molecule has 0 aromatic heterocycles. The Morgan fingerprint density at radius 2 is 0.767 bits per heavy atom. The maximum atomic E-state index is 7.27. The number of hydrogen-bond acceptors (Lipinski definition) is 1. The lowest BCUT2D eigenvalue weighted by atomic mass is 10.2. The van der Waals surface area contributed by atoms with E-state index in [0.717, 1.165) is 11.3 Å². The predicted molar refractivity (Wildman–Crippen MR) is 130 cm³/mol. The zero-order chi connectivity index (χ0) is 21.1. The van der Waals surface area contributed by atoms with Crippen LogP contribution in [0.1, 0.15) is 22.3 Å². The van der Waals surface area contributed by atoms with E-state index in [1.807, 2.05) is 0 Å². The molecule has 0 radical (unpaired) electrons. The Hall–Kier alpha value is -3.10. The van der Waals surface area contributed by atoms with Crippen molar-refractivity contribution in [3.63, 3.8) is 0 Å². The molecule has 0 fully saturated rings. The van der Waals surface area contributed by atoms with Crippen LogP contribution >= 0.6 is 0 Å². The molecule has 0 N–H and O–H groups in total. The van der Waals surface area contributed by atoms with E-state index in [2.05, 4.69) is 125 Å². The number of hydrogen-bond donors (Lipinski definition) is 0. The normalized spacial score (nSPS) is 11.3. The van der Waals surface area contributed by atoms with E-state index < -0.39 is 8.32 Å². The summed E-state index contributed by atoms with van der Waals surface area (Å²) in [6.07, 6.45) is 0. The van der Waals surface area contributed by atoms with Gasteiger partial charge >= 0.3 is 8.32 Å². The molecule has 0 aliphatic carbocycles. The average molecular weight is 409 g/mol. The standard InChI is InChI=1S/C28H28OSi/c1-21-13-5-9-17-25(21)29-30(26-18-10-6-14-22(26)2,27-19-11-7-15-23(27)3)28-20-12-8-16-24(28)4/h5-20H,1-4H3. The fraction of sp³-hybridized carbons (Fsp3) is 0.143. The lowest BCUT2D eigenvalue weighted by Crippen LogP contribution is -2.73. The van der Waals surface area contributed by atoms with Crippen LogP contribution in [0.2, 0.25) is 0 Å². The molecule has 0 unspecified atom stereocenters. The highest BCUT2D eigenvalue weighted by molar-refractivity contribution is 7.08. The highest BCUT2D eigenvalue weighted by Crippen LogP contribution is 2.23. The second kappa shape index (κ2) is 8.33. The first-order chi connectivity index (χ1) is 14.5. The molecule has 30 heavy (non-hydrogen) atoms. The van der Waals surface area contributed by atoms with Gasteiger partial charge in [-0.3, -0.25) is 0 Å². The third-order valence-electron chi connectivity index (χ3n) is 5.93. The molecule has 0 atom stereocenters. The van der Waals surface area contributed by atoms with Crippen molar-refractivity contribution in [1.29, 1.82) is 0 Å². The Balaban J connectivity index is 2.14. The van der Waals surface area contributed by atoms with Crippen molar-refractivity contribution in [2.24, 2.45) is 0 Å². The smallest absolute Gasteiger partial charge is 0.347 e. The van der Waals surface area contributed by atoms with Crippen LogP contribution in [0, 0.1) is 27.7 Å². The Labute approximate surface area is 181 Å². The van der Waals surface area contributed by atoms with Crippen LogP contribution in [0.5, 0.6) is 5.75 Å². The van der Waals surface area contributed by atoms with Gasteiger partial charge in [-0.15, -0.1) is 0 Å². The summed E-state index contributed by atoms with van der Waals surface area (Å²) < 4.78 is 7.27. The molecule has 0 saturated carbocycles. The molecule has 0 heterocycles. The van der Waals surface area contributed by atoms with Crippen LogP contribution in [-0.2, 0) is 0 Å². The Morgan fingerprint density at radius 3 is 1.13 bits per heavy atom. The lowest BCUT2D eigenvalue weighted by molar-refractivity contribution is 0.571. The minimum Gasteiger partial charge on any atom is -0.530 e. The molecule has 0 amide bonds. The molecule has 0 bridgehead atoms. The van der Waals surface area contributed by atoms with Gasteiger partial charge in [0.15, 0.2) is 0 Å². The second-order valence-electron chi connectivity index (χ2n) is 7.99. The Kier molecular flexibility index (Phi) is 5.60. The minimum atomic E-state index is -2.83. The highest BCUT2D eigenvalue weighted by Gasteiger charge is 2.47. The van der Waals surface area contributed by atoms with Gasteiger partial charge in [0.1, 0.15) is 5.75 Å². The van der Waals surface area contributed by atoms with Crippen LogP contribution in [0.4, 0.5) is 0 Å². The quantitative estimate of drug-likeness (QED) is 0.335. The molecular formula is C28H28OSi. The van der Waals surface area contributed by atoms with Crippen LogP contribution in [-0.4, -0.2) is 8.32 Å². The topological polar surface area (TPSA) is 9.23 Å². The summed E-state index contributed by atoms with van der Waals surface area (Å²) in [4.78, 5) is 0. The number of para-hydroxylation sites is 1. The monoisotopic (exact) mass is 408 g/mol. The van der Waals surface area contributed by atoms with Crippen molar-refractivity contribution in [3.8, 4) is 5.75 Å². The molecule has 2 heteroatoms. The van der Waals surface area contributed by atoms with Crippen molar-refractivity contribution in [2.75, 3.05) is 0 Å². The van der Waals surface area contributed by atoms with Gasteiger partial charge < -0.3 is 4.43 Å². The Bertz CT molecular complexity index is 1070. The summed E-state index contributed by atoms with van der Waals surface area (Å²) in [6, 6.07) is 34.5. The molecule has 4 aromatic rings. The van der Waals surface area contributed by atoms with E-state index in [1.54, 1.807) is 0 Å². The summed E-state index contributed by atoms with van der Waals surface area (Å²) in [7, 11) is -2.83. The SMILES string of the molecule is Cc1ccccc1O[Si](c1ccccc1C)(c1ccccc1C)c1ccccc1C. The summed E-state index contributed by atoms with van der Waals surface area (Å²) in [5.74, 6) is 0.957. The Morgan fingerprint density at radius 1 is 0.433 bits per heavy atom. The summed E-state index contributed by atoms with van der Waals surface area (Å²) in [5, 5.41) is 3.91. The van der Waals surface area contributed by atoms with Gasteiger partial charge in [-0.05, 0) is 71.6 Å². The first kappa shape index (κ1) is 20.2. The number of rotatable bonds is 5.